The van der Waals surface area contributed by atoms with E-state index in [0.29, 0.717) is 19.6 Å². The molecule has 0 aliphatic carbocycles. The topological polar surface area (TPSA) is 25.2 Å². The SMILES string of the molecule is CC(=O)N(Cc1ccccc1)Cc1cccn1Cc1ccc(F)cc1. The Morgan fingerprint density at radius 3 is 2.32 bits per heavy atom. The van der Waals surface area contributed by atoms with Gasteiger partial charge in [-0.2, -0.15) is 0 Å². The molecule has 0 N–H and O–H groups in total. The predicted molar refractivity (Wildman–Crippen MR) is 96.3 cm³/mol. The Kier molecular flexibility index (Phi) is 5.29. The van der Waals surface area contributed by atoms with Gasteiger partial charge in [-0.3, -0.25) is 4.79 Å². The molecular formula is C21H21FN2O. The molecule has 4 heteroatoms. The highest BCUT2D eigenvalue weighted by Crippen LogP contribution is 2.14. The maximum absolute atomic E-state index is 13.1. The second kappa shape index (κ2) is 7.79. The molecule has 0 atom stereocenters. The summed E-state index contributed by atoms with van der Waals surface area (Å²) in [6.07, 6.45) is 1.99. The summed E-state index contributed by atoms with van der Waals surface area (Å²) < 4.78 is 15.2. The second-order valence-electron chi connectivity index (χ2n) is 6.11. The summed E-state index contributed by atoms with van der Waals surface area (Å²) in [5.74, 6) is -0.194. The smallest absolute Gasteiger partial charge is 0.220 e. The Morgan fingerprint density at radius 1 is 0.920 bits per heavy atom. The molecule has 0 saturated carbocycles. The van der Waals surface area contributed by atoms with Gasteiger partial charge in [-0.15, -0.1) is 0 Å². The number of halogens is 1. The molecule has 1 heterocycles. The molecular weight excluding hydrogens is 315 g/mol. The zero-order valence-corrected chi connectivity index (χ0v) is 14.2. The maximum Gasteiger partial charge on any atom is 0.220 e. The molecule has 0 radical (unpaired) electrons. The summed E-state index contributed by atoms with van der Waals surface area (Å²) in [6.45, 7) is 3.37. The molecule has 0 spiro atoms. The van der Waals surface area contributed by atoms with E-state index in [9.17, 15) is 9.18 Å². The van der Waals surface area contributed by atoms with Crippen molar-refractivity contribution in [2.75, 3.05) is 0 Å². The fraction of sp³-hybridized carbons (Fsp3) is 0.190. The minimum absolute atomic E-state index is 0.0402. The van der Waals surface area contributed by atoms with Gasteiger partial charge in [0.05, 0.1) is 6.54 Å². The van der Waals surface area contributed by atoms with Crippen LogP contribution in [0.5, 0.6) is 0 Å². The summed E-state index contributed by atoms with van der Waals surface area (Å²) in [7, 11) is 0. The van der Waals surface area contributed by atoms with E-state index in [1.165, 1.54) is 12.1 Å². The van der Waals surface area contributed by atoms with Crippen LogP contribution in [0.4, 0.5) is 4.39 Å². The number of benzene rings is 2. The summed E-state index contributed by atoms with van der Waals surface area (Å²) in [5, 5.41) is 0. The lowest BCUT2D eigenvalue weighted by molar-refractivity contribution is -0.130. The zero-order chi connectivity index (χ0) is 17.6. The second-order valence-corrected chi connectivity index (χ2v) is 6.11. The van der Waals surface area contributed by atoms with Gasteiger partial charge < -0.3 is 9.47 Å². The van der Waals surface area contributed by atoms with Crippen LogP contribution < -0.4 is 0 Å². The monoisotopic (exact) mass is 336 g/mol. The molecule has 0 aliphatic rings. The van der Waals surface area contributed by atoms with Crippen molar-refractivity contribution in [3.8, 4) is 0 Å². The van der Waals surface area contributed by atoms with E-state index in [1.54, 1.807) is 19.1 Å². The number of hydrogen-bond donors (Lipinski definition) is 0. The number of carbonyl (C=O) groups excluding carboxylic acids is 1. The van der Waals surface area contributed by atoms with Crippen molar-refractivity contribution in [1.82, 2.24) is 9.47 Å². The molecule has 0 unspecified atom stereocenters. The third-order valence-corrected chi connectivity index (χ3v) is 4.20. The Balaban J connectivity index is 1.73. The molecule has 0 saturated heterocycles. The van der Waals surface area contributed by atoms with Crippen LogP contribution >= 0.6 is 0 Å². The lowest BCUT2D eigenvalue weighted by Gasteiger charge is -2.22. The largest absolute Gasteiger partial charge is 0.345 e. The first-order chi connectivity index (χ1) is 12.1. The van der Waals surface area contributed by atoms with Gasteiger partial charge in [0, 0.05) is 31.9 Å². The average molecular weight is 336 g/mol. The Labute approximate surface area is 147 Å². The zero-order valence-electron chi connectivity index (χ0n) is 14.2. The van der Waals surface area contributed by atoms with Gasteiger partial charge in [0.15, 0.2) is 0 Å². The number of carbonyl (C=O) groups is 1. The quantitative estimate of drug-likeness (QED) is 0.661. The van der Waals surface area contributed by atoms with Gasteiger partial charge in [-0.25, -0.2) is 4.39 Å². The summed E-state index contributed by atoms with van der Waals surface area (Å²) in [5.41, 5.74) is 3.18. The first kappa shape index (κ1) is 17.0. The molecule has 3 rings (SSSR count). The van der Waals surface area contributed by atoms with E-state index < -0.39 is 0 Å². The first-order valence-corrected chi connectivity index (χ1v) is 8.30. The van der Waals surface area contributed by atoms with Crippen molar-refractivity contribution < 1.29 is 9.18 Å². The molecule has 1 amide bonds. The van der Waals surface area contributed by atoms with E-state index in [1.807, 2.05) is 53.6 Å². The number of amides is 1. The van der Waals surface area contributed by atoms with Crippen molar-refractivity contribution in [1.29, 1.82) is 0 Å². The van der Waals surface area contributed by atoms with E-state index >= 15 is 0 Å². The Bertz CT molecular complexity index is 825. The molecule has 0 fully saturated rings. The normalized spacial score (nSPS) is 10.6. The Hall–Kier alpha value is -2.88. The third kappa shape index (κ3) is 4.57. The number of rotatable bonds is 6. The maximum atomic E-state index is 13.1. The van der Waals surface area contributed by atoms with Crippen LogP contribution in [0.15, 0.2) is 72.9 Å². The van der Waals surface area contributed by atoms with E-state index in [2.05, 4.69) is 4.57 Å². The van der Waals surface area contributed by atoms with Crippen LogP contribution in [0.2, 0.25) is 0 Å². The van der Waals surface area contributed by atoms with Gasteiger partial charge in [-0.05, 0) is 35.4 Å². The highest BCUT2D eigenvalue weighted by molar-refractivity contribution is 5.73. The van der Waals surface area contributed by atoms with Crippen LogP contribution in [-0.2, 0) is 24.4 Å². The lowest BCUT2D eigenvalue weighted by atomic mass is 10.2. The molecule has 25 heavy (non-hydrogen) atoms. The highest BCUT2D eigenvalue weighted by atomic mass is 19.1. The summed E-state index contributed by atoms with van der Waals surface area (Å²) in [6, 6.07) is 20.5. The fourth-order valence-corrected chi connectivity index (χ4v) is 2.81. The van der Waals surface area contributed by atoms with E-state index in [4.69, 9.17) is 0 Å². The number of nitrogens with zero attached hydrogens (tertiary/aromatic N) is 2. The van der Waals surface area contributed by atoms with Crippen LogP contribution in [0.1, 0.15) is 23.7 Å². The molecule has 3 nitrogen and oxygen atoms in total. The van der Waals surface area contributed by atoms with Gasteiger partial charge in [0.2, 0.25) is 5.91 Å². The van der Waals surface area contributed by atoms with Gasteiger partial charge in [0.25, 0.3) is 0 Å². The highest BCUT2D eigenvalue weighted by Gasteiger charge is 2.12. The van der Waals surface area contributed by atoms with E-state index in [0.717, 1.165) is 16.8 Å². The van der Waals surface area contributed by atoms with Crippen LogP contribution in [0, 0.1) is 5.82 Å². The molecule has 3 aromatic rings. The van der Waals surface area contributed by atoms with Crippen molar-refractivity contribution in [3.05, 3.63) is 95.6 Å². The molecule has 2 aromatic carbocycles. The van der Waals surface area contributed by atoms with Crippen LogP contribution in [0.3, 0.4) is 0 Å². The number of hydrogen-bond acceptors (Lipinski definition) is 1. The summed E-state index contributed by atoms with van der Waals surface area (Å²) >= 11 is 0. The minimum Gasteiger partial charge on any atom is -0.345 e. The van der Waals surface area contributed by atoms with Crippen LogP contribution in [0.25, 0.3) is 0 Å². The molecule has 0 aliphatic heterocycles. The van der Waals surface area contributed by atoms with Gasteiger partial charge in [0.1, 0.15) is 5.82 Å². The molecule has 128 valence electrons. The fourth-order valence-electron chi connectivity index (χ4n) is 2.81. The number of aromatic nitrogens is 1. The predicted octanol–water partition coefficient (Wildman–Crippen LogP) is 4.22. The Morgan fingerprint density at radius 2 is 1.64 bits per heavy atom. The van der Waals surface area contributed by atoms with Crippen molar-refractivity contribution in [3.63, 3.8) is 0 Å². The lowest BCUT2D eigenvalue weighted by Crippen LogP contribution is -2.28. The summed E-state index contributed by atoms with van der Waals surface area (Å²) in [4.78, 5) is 13.9. The first-order valence-electron chi connectivity index (χ1n) is 8.30. The van der Waals surface area contributed by atoms with E-state index in [-0.39, 0.29) is 11.7 Å². The van der Waals surface area contributed by atoms with Crippen molar-refractivity contribution in [2.24, 2.45) is 0 Å². The van der Waals surface area contributed by atoms with Gasteiger partial charge >= 0.3 is 0 Å². The standard InChI is InChI=1S/C21H21FN2O/c1-17(25)24(15-18-6-3-2-4-7-18)16-21-8-5-13-23(21)14-19-9-11-20(22)12-10-19/h2-13H,14-16H2,1H3. The average Bonchev–Trinajstić information content (AvgIpc) is 3.04. The molecule has 1 aromatic heterocycles. The van der Waals surface area contributed by atoms with Crippen molar-refractivity contribution >= 4 is 5.91 Å². The minimum atomic E-state index is -0.234. The third-order valence-electron chi connectivity index (χ3n) is 4.20. The van der Waals surface area contributed by atoms with Crippen LogP contribution in [-0.4, -0.2) is 15.4 Å². The van der Waals surface area contributed by atoms with Gasteiger partial charge in [-0.1, -0.05) is 42.5 Å². The van der Waals surface area contributed by atoms with Crippen molar-refractivity contribution in [2.45, 2.75) is 26.6 Å². The molecule has 0 bridgehead atoms.